The molecular weight excluding hydrogens is 284 g/mol. The van der Waals surface area contributed by atoms with E-state index in [1.54, 1.807) is 29.4 Å². The van der Waals surface area contributed by atoms with E-state index in [1.165, 1.54) is 6.26 Å². The molecule has 0 aromatic carbocycles. The minimum absolute atomic E-state index is 0.165. The number of amides is 2. The highest BCUT2D eigenvalue weighted by molar-refractivity contribution is 5.96. The maximum absolute atomic E-state index is 12.5. The molecule has 2 atom stereocenters. The predicted octanol–water partition coefficient (Wildman–Crippen LogP) is 2.35. The van der Waals surface area contributed by atoms with E-state index in [2.05, 4.69) is 5.32 Å². The average Bonchev–Trinajstić information content (AvgIpc) is 3.27. The van der Waals surface area contributed by atoms with Gasteiger partial charge in [-0.05, 0) is 44.0 Å². The topological polar surface area (TPSA) is 75.7 Å². The third kappa shape index (κ3) is 2.77. The van der Waals surface area contributed by atoms with Gasteiger partial charge in [0.25, 0.3) is 5.91 Å². The van der Waals surface area contributed by atoms with Crippen LogP contribution in [0.3, 0.4) is 0 Å². The zero-order valence-electron chi connectivity index (χ0n) is 12.3. The molecule has 22 heavy (non-hydrogen) atoms. The van der Waals surface area contributed by atoms with Crippen molar-refractivity contribution < 1.29 is 18.4 Å². The minimum atomic E-state index is -0.463. The molecular formula is C16H18N2O4. The fraction of sp³-hybridized carbons (Fsp3) is 0.375. The van der Waals surface area contributed by atoms with Crippen molar-refractivity contribution in [3.05, 3.63) is 48.3 Å². The first kappa shape index (κ1) is 14.4. The second-order valence-corrected chi connectivity index (χ2v) is 5.38. The number of hydrogen-bond donors (Lipinski definition) is 1. The molecule has 1 aliphatic heterocycles. The van der Waals surface area contributed by atoms with Crippen LogP contribution >= 0.6 is 0 Å². The highest BCUT2D eigenvalue weighted by atomic mass is 16.3. The molecule has 2 aromatic heterocycles. The van der Waals surface area contributed by atoms with Gasteiger partial charge >= 0.3 is 0 Å². The molecule has 0 bridgehead atoms. The Labute approximate surface area is 128 Å². The summed E-state index contributed by atoms with van der Waals surface area (Å²) in [5.41, 5.74) is 0. The van der Waals surface area contributed by atoms with Gasteiger partial charge in [-0.25, -0.2) is 0 Å². The number of rotatable bonds is 4. The summed E-state index contributed by atoms with van der Waals surface area (Å²) in [6, 6.07) is 6.17. The lowest BCUT2D eigenvalue weighted by molar-refractivity contribution is -0.125. The third-order valence-corrected chi connectivity index (χ3v) is 3.88. The van der Waals surface area contributed by atoms with Gasteiger partial charge in [-0.1, -0.05) is 0 Å². The molecule has 1 aliphatic rings. The van der Waals surface area contributed by atoms with Crippen molar-refractivity contribution in [2.75, 3.05) is 6.54 Å². The largest absolute Gasteiger partial charge is 0.467 e. The normalized spacial score (nSPS) is 19.1. The van der Waals surface area contributed by atoms with Crippen LogP contribution in [0, 0.1) is 0 Å². The smallest absolute Gasteiger partial charge is 0.290 e. The standard InChI is InChI=1S/C16H18N2O4/c1-11(13-6-3-9-21-13)17-15(19)12-5-2-8-18(12)16(20)14-7-4-10-22-14/h3-4,6-7,9-12H,2,5,8H2,1H3,(H,17,19)/t11-,12-/m0/s1. The Hall–Kier alpha value is -2.50. The second-order valence-electron chi connectivity index (χ2n) is 5.38. The van der Waals surface area contributed by atoms with Gasteiger partial charge < -0.3 is 19.1 Å². The molecule has 6 nitrogen and oxygen atoms in total. The number of hydrogen-bond acceptors (Lipinski definition) is 4. The van der Waals surface area contributed by atoms with Gasteiger partial charge in [0, 0.05) is 6.54 Å². The average molecular weight is 302 g/mol. The highest BCUT2D eigenvalue weighted by Crippen LogP contribution is 2.22. The van der Waals surface area contributed by atoms with Crippen LogP contribution < -0.4 is 5.32 Å². The molecule has 2 aromatic rings. The summed E-state index contributed by atoms with van der Waals surface area (Å²) in [7, 11) is 0. The maximum atomic E-state index is 12.5. The summed E-state index contributed by atoms with van der Waals surface area (Å²) in [6.07, 6.45) is 4.49. The molecule has 3 heterocycles. The Morgan fingerprint density at radius 1 is 1.27 bits per heavy atom. The van der Waals surface area contributed by atoms with Crippen LogP contribution in [-0.4, -0.2) is 29.3 Å². The lowest BCUT2D eigenvalue weighted by Crippen LogP contribution is -2.46. The Balaban J connectivity index is 1.67. The molecule has 0 spiro atoms. The Morgan fingerprint density at radius 3 is 2.73 bits per heavy atom. The van der Waals surface area contributed by atoms with Gasteiger partial charge in [0.2, 0.25) is 5.91 Å². The van der Waals surface area contributed by atoms with E-state index >= 15 is 0 Å². The lowest BCUT2D eigenvalue weighted by Gasteiger charge is -2.24. The quantitative estimate of drug-likeness (QED) is 0.940. The fourth-order valence-corrected chi connectivity index (χ4v) is 2.74. The fourth-order valence-electron chi connectivity index (χ4n) is 2.74. The Kier molecular flexibility index (Phi) is 4.00. The summed E-state index contributed by atoms with van der Waals surface area (Å²) in [5, 5.41) is 2.90. The first-order valence-electron chi connectivity index (χ1n) is 7.35. The van der Waals surface area contributed by atoms with Crippen LogP contribution in [0.25, 0.3) is 0 Å². The van der Waals surface area contributed by atoms with E-state index < -0.39 is 6.04 Å². The van der Waals surface area contributed by atoms with Crippen molar-refractivity contribution in [3.63, 3.8) is 0 Å². The van der Waals surface area contributed by atoms with Gasteiger partial charge in [0.1, 0.15) is 11.8 Å². The van der Waals surface area contributed by atoms with Crippen LogP contribution in [0.4, 0.5) is 0 Å². The monoisotopic (exact) mass is 302 g/mol. The first-order valence-corrected chi connectivity index (χ1v) is 7.35. The molecule has 1 saturated heterocycles. The Bertz CT molecular complexity index is 633. The summed E-state index contributed by atoms with van der Waals surface area (Å²) >= 11 is 0. The SMILES string of the molecule is C[C@H](NC(=O)[C@@H]1CCCN1C(=O)c1ccco1)c1ccco1. The number of nitrogens with zero attached hydrogens (tertiary/aromatic N) is 1. The number of furan rings is 2. The van der Waals surface area contributed by atoms with E-state index in [0.29, 0.717) is 18.7 Å². The van der Waals surface area contributed by atoms with Gasteiger partial charge in [0.05, 0.1) is 18.6 Å². The van der Waals surface area contributed by atoms with Crippen LogP contribution in [0.2, 0.25) is 0 Å². The van der Waals surface area contributed by atoms with Crippen LogP contribution in [0.5, 0.6) is 0 Å². The zero-order chi connectivity index (χ0) is 15.5. The van der Waals surface area contributed by atoms with E-state index in [9.17, 15) is 9.59 Å². The number of likely N-dealkylation sites (tertiary alicyclic amines) is 1. The van der Waals surface area contributed by atoms with Gasteiger partial charge in [-0.3, -0.25) is 9.59 Å². The summed E-state index contributed by atoms with van der Waals surface area (Å²) in [5.74, 6) is 0.545. The number of nitrogens with one attached hydrogen (secondary N) is 1. The molecule has 1 fully saturated rings. The van der Waals surface area contributed by atoms with Crippen LogP contribution in [-0.2, 0) is 4.79 Å². The maximum Gasteiger partial charge on any atom is 0.290 e. The molecule has 0 unspecified atom stereocenters. The summed E-state index contributed by atoms with van der Waals surface area (Å²) < 4.78 is 10.4. The molecule has 0 aliphatic carbocycles. The molecule has 0 saturated carbocycles. The van der Waals surface area contributed by atoms with Crippen molar-refractivity contribution in [2.45, 2.75) is 31.8 Å². The molecule has 2 amide bonds. The number of carbonyl (C=O) groups is 2. The second kappa shape index (κ2) is 6.09. The van der Waals surface area contributed by atoms with Crippen LogP contribution in [0.1, 0.15) is 42.1 Å². The molecule has 0 radical (unpaired) electrons. The third-order valence-electron chi connectivity index (χ3n) is 3.88. The van der Waals surface area contributed by atoms with Crippen molar-refractivity contribution in [3.8, 4) is 0 Å². The molecule has 3 rings (SSSR count). The van der Waals surface area contributed by atoms with E-state index in [4.69, 9.17) is 8.83 Å². The Morgan fingerprint density at radius 2 is 2.05 bits per heavy atom. The summed E-state index contributed by atoms with van der Waals surface area (Å²) in [4.78, 5) is 26.4. The van der Waals surface area contributed by atoms with Gasteiger partial charge in [-0.15, -0.1) is 0 Å². The van der Waals surface area contributed by atoms with Crippen molar-refractivity contribution in [2.24, 2.45) is 0 Å². The minimum Gasteiger partial charge on any atom is -0.467 e. The highest BCUT2D eigenvalue weighted by Gasteiger charge is 2.36. The summed E-state index contributed by atoms with van der Waals surface area (Å²) in [6.45, 7) is 2.41. The molecule has 116 valence electrons. The molecule has 1 N–H and O–H groups in total. The first-order chi connectivity index (χ1) is 10.7. The zero-order valence-corrected chi connectivity index (χ0v) is 12.3. The van der Waals surface area contributed by atoms with Crippen molar-refractivity contribution >= 4 is 11.8 Å². The lowest BCUT2D eigenvalue weighted by atomic mass is 10.1. The van der Waals surface area contributed by atoms with E-state index in [-0.39, 0.29) is 23.6 Å². The van der Waals surface area contributed by atoms with Gasteiger partial charge in [-0.2, -0.15) is 0 Å². The van der Waals surface area contributed by atoms with E-state index in [1.807, 2.05) is 13.0 Å². The van der Waals surface area contributed by atoms with Crippen molar-refractivity contribution in [1.29, 1.82) is 0 Å². The van der Waals surface area contributed by atoms with E-state index in [0.717, 1.165) is 6.42 Å². The van der Waals surface area contributed by atoms with Gasteiger partial charge in [0.15, 0.2) is 5.76 Å². The molecule has 6 heteroatoms. The van der Waals surface area contributed by atoms with Crippen LogP contribution in [0.15, 0.2) is 45.6 Å². The van der Waals surface area contributed by atoms with Crippen molar-refractivity contribution in [1.82, 2.24) is 10.2 Å². The predicted molar refractivity (Wildman–Crippen MR) is 78.0 cm³/mol. The number of carbonyl (C=O) groups excluding carboxylic acids is 2.